The molecular formula is C115H94Ir6N8-8. The van der Waals surface area contributed by atoms with Crippen LogP contribution in [-0.4, -0.2) is 39.9 Å². The zero-order valence-electron chi connectivity index (χ0n) is 72.3. The van der Waals surface area contributed by atoms with Gasteiger partial charge in [0.15, 0.2) is 0 Å². The van der Waals surface area contributed by atoms with Crippen molar-refractivity contribution in [3.05, 3.63) is 508 Å². The zero-order chi connectivity index (χ0) is 85.3. The number of rotatable bonds is 13. The van der Waals surface area contributed by atoms with Crippen LogP contribution in [0.25, 0.3) is 123 Å². The van der Waals surface area contributed by atoms with Crippen LogP contribution in [0.4, 0.5) is 0 Å². The third-order valence-corrected chi connectivity index (χ3v) is 18.9. The Morgan fingerprint density at radius 2 is 0.574 bits per heavy atom. The largest absolute Gasteiger partial charge is 0.305 e. The number of hydrogen-bond donors (Lipinski definition) is 0. The smallest absolute Gasteiger partial charge is 0.0266 e. The number of aryl methyl sites for hydroxylation is 5. The Balaban J connectivity index is 0.000000227. The van der Waals surface area contributed by atoms with Crippen LogP contribution >= 0.6 is 0 Å². The standard InChI is InChI=1S/C21H20N.2C17H12N.5C12H10N.6Ir/c1-16(2)14-17-9-11-18(12-10-17)19-6-5-7-20(15-19)21-8-3-4-13-22-21;2*1-2-7-14(8-3-1)15-9-6-10-16(13-15)17-11-4-5-12-18-17;1-10-6-5-9-13-12(10)11-7-3-2-4-8-11;2*1-10-6-5-9-12(13-10)11-7-3-2-4-8-11;1-10-7-8-13-12(9-10)11-5-3-2-4-6-11;1-10-7-8-12(13-9-10)11-5-3-2-4-6-11;;;;;;/h3-6,8-13,15-16H,14H2,1-2H3;2*1-9,11-13H;3*2-7,9H,1H3;2*2-5,7-9H,1H3;;;;;;/q8*-1;;;;;;. The van der Waals surface area contributed by atoms with Crippen LogP contribution in [0.3, 0.4) is 0 Å². The van der Waals surface area contributed by atoms with Crippen molar-refractivity contribution in [1.82, 2.24) is 39.9 Å². The number of benzene rings is 11. The molecule has 0 unspecified atom stereocenters. The first kappa shape index (κ1) is 106. The van der Waals surface area contributed by atoms with E-state index < -0.39 is 0 Å². The van der Waals surface area contributed by atoms with Gasteiger partial charge in [0.05, 0.1) is 0 Å². The molecule has 19 aromatic rings. The van der Waals surface area contributed by atoms with E-state index in [2.05, 4.69) is 219 Å². The molecule has 8 nitrogen and oxygen atoms in total. The van der Waals surface area contributed by atoms with Crippen LogP contribution in [-0.2, 0) is 127 Å². The van der Waals surface area contributed by atoms with Gasteiger partial charge in [0.25, 0.3) is 0 Å². The molecule has 129 heavy (non-hydrogen) atoms. The van der Waals surface area contributed by atoms with Gasteiger partial charge >= 0.3 is 0 Å². The van der Waals surface area contributed by atoms with Crippen molar-refractivity contribution in [1.29, 1.82) is 0 Å². The Morgan fingerprint density at radius 3 is 0.930 bits per heavy atom. The quantitative estimate of drug-likeness (QED) is 0.105. The summed E-state index contributed by atoms with van der Waals surface area (Å²) in [7, 11) is 0. The van der Waals surface area contributed by atoms with Gasteiger partial charge in [0, 0.05) is 169 Å². The molecule has 656 valence electrons. The Kier molecular flexibility index (Phi) is 48.5. The maximum atomic E-state index is 4.41. The van der Waals surface area contributed by atoms with E-state index in [0.717, 1.165) is 108 Å². The minimum atomic E-state index is 0. The fourth-order valence-electron chi connectivity index (χ4n) is 12.7. The van der Waals surface area contributed by atoms with Crippen LogP contribution in [0.1, 0.15) is 47.5 Å². The van der Waals surface area contributed by atoms with Gasteiger partial charge in [-0.3, -0.25) is 0 Å². The van der Waals surface area contributed by atoms with E-state index in [1.54, 1.807) is 12.4 Å². The molecule has 0 spiro atoms. The molecule has 19 rings (SSSR count). The third-order valence-electron chi connectivity index (χ3n) is 18.9. The second-order valence-electron chi connectivity index (χ2n) is 29.0. The summed E-state index contributed by atoms with van der Waals surface area (Å²) in [6, 6.07) is 155. The van der Waals surface area contributed by atoms with Gasteiger partial charge < -0.3 is 39.9 Å². The van der Waals surface area contributed by atoms with Gasteiger partial charge in [-0.15, -0.1) is 286 Å². The molecule has 0 saturated heterocycles. The van der Waals surface area contributed by atoms with Crippen LogP contribution in [0.2, 0.25) is 0 Å². The minimum absolute atomic E-state index is 0. The van der Waals surface area contributed by atoms with Gasteiger partial charge in [-0.2, -0.15) is 0 Å². The van der Waals surface area contributed by atoms with Gasteiger partial charge in [-0.1, -0.05) is 195 Å². The molecule has 14 heteroatoms. The maximum absolute atomic E-state index is 4.41. The van der Waals surface area contributed by atoms with Crippen molar-refractivity contribution < 1.29 is 121 Å². The van der Waals surface area contributed by atoms with E-state index >= 15 is 0 Å². The second kappa shape index (κ2) is 58.9. The van der Waals surface area contributed by atoms with Gasteiger partial charge in [-0.05, 0) is 163 Å². The van der Waals surface area contributed by atoms with Crippen LogP contribution in [0.15, 0.2) is 425 Å². The van der Waals surface area contributed by atoms with Gasteiger partial charge in [-0.25, -0.2) is 0 Å². The van der Waals surface area contributed by atoms with E-state index in [9.17, 15) is 0 Å². The molecule has 0 amide bonds. The first-order chi connectivity index (χ1) is 60.4. The summed E-state index contributed by atoms with van der Waals surface area (Å²) in [5.74, 6) is 0.688. The molecule has 0 aliphatic carbocycles. The zero-order valence-corrected chi connectivity index (χ0v) is 86.6. The minimum Gasteiger partial charge on any atom is -0.305 e. The summed E-state index contributed by atoms with van der Waals surface area (Å²) in [5, 5.41) is 0. The van der Waals surface area contributed by atoms with Crippen molar-refractivity contribution in [3.63, 3.8) is 0 Å². The fraction of sp³-hybridized carbons (Fsp3) is 0.0783. The van der Waals surface area contributed by atoms with Crippen LogP contribution < -0.4 is 0 Å². The van der Waals surface area contributed by atoms with Crippen molar-refractivity contribution >= 4 is 0 Å². The molecule has 6 radical (unpaired) electrons. The first-order valence-corrected chi connectivity index (χ1v) is 40.9. The van der Waals surface area contributed by atoms with Crippen molar-refractivity contribution in [3.8, 4) is 123 Å². The maximum Gasteiger partial charge on any atom is 0.0266 e. The number of pyridine rings is 8. The molecular weight excluding hydrogens is 2650 g/mol. The van der Waals surface area contributed by atoms with E-state index in [0.29, 0.717) is 5.92 Å². The Hall–Kier alpha value is -11.5. The summed E-state index contributed by atoms with van der Waals surface area (Å²) in [5.41, 5.74) is 30.4. The van der Waals surface area contributed by atoms with Crippen molar-refractivity contribution in [2.75, 3.05) is 0 Å². The van der Waals surface area contributed by atoms with Gasteiger partial charge in [0.1, 0.15) is 0 Å². The Bertz CT molecular complexity index is 5850. The van der Waals surface area contributed by atoms with Crippen LogP contribution in [0, 0.1) is 89.1 Å². The molecule has 0 saturated carbocycles. The normalized spacial score (nSPS) is 9.71. The summed E-state index contributed by atoms with van der Waals surface area (Å²) in [6.07, 6.45) is 12.1. The summed E-state index contributed by atoms with van der Waals surface area (Å²) < 4.78 is 0. The number of hydrogen-bond acceptors (Lipinski definition) is 8. The molecule has 0 atom stereocenters. The van der Waals surface area contributed by atoms with E-state index in [4.69, 9.17) is 0 Å². The average Bonchev–Trinajstić information content (AvgIpc) is 0.841. The third kappa shape index (κ3) is 35.5. The molecule has 0 N–H and O–H groups in total. The molecule has 8 aromatic heterocycles. The van der Waals surface area contributed by atoms with Gasteiger partial charge in [0.2, 0.25) is 0 Å². The summed E-state index contributed by atoms with van der Waals surface area (Å²) in [4.78, 5) is 34.8. The Labute approximate surface area is 843 Å². The fourth-order valence-corrected chi connectivity index (χ4v) is 12.7. The molecule has 0 fully saturated rings. The monoisotopic (exact) mass is 2740 g/mol. The van der Waals surface area contributed by atoms with Crippen molar-refractivity contribution in [2.24, 2.45) is 5.92 Å². The topological polar surface area (TPSA) is 103 Å². The predicted octanol–water partition coefficient (Wildman–Crippen LogP) is 28.1. The Morgan fingerprint density at radius 1 is 0.225 bits per heavy atom. The van der Waals surface area contributed by atoms with Crippen molar-refractivity contribution in [2.45, 2.75) is 54.9 Å². The molecule has 8 heterocycles. The predicted molar refractivity (Wildman–Crippen MR) is 507 cm³/mol. The molecule has 0 bridgehead atoms. The molecule has 0 aliphatic rings. The number of aromatic nitrogens is 8. The first-order valence-electron chi connectivity index (χ1n) is 40.9. The summed E-state index contributed by atoms with van der Waals surface area (Å²) >= 11 is 0. The number of nitrogens with zero attached hydrogens (tertiary/aromatic N) is 8. The molecule has 0 aliphatic heterocycles. The SMILES string of the molecule is CC(C)Cc1ccc(-c2cc[c-]c(-c3ccccn3)c2)cc1.Cc1ccc(-c2[c-]cccc2)nc1.Cc1cccc(-c2[c-]cccc2)n1.Cc1cccc(-c2[c-]cccc2)n1.Cc1cccnc1-c1[c-]cccc1.Cc1ccnc(-c2[c-]cccc2)c1.[Ir].[Ir].[Ir].[Ir].[Ir].[Ir].[c-]1ccc(-c2ccccc2)cc1-c1ccccn1.[c-]1ccc(-c2ccccc2)cc1-c1ccccn1. The van der Waals surface area contributed by atoms with Crippen LogP contribution in [0.5, 0.6) is 0 Å². The average molecular weight is 2740 g/mol. The van der Waals surface area contributed by atoms with E-state index in [1.807, 2.05) is 331 Å². The second-order valence-corrected chi connectivity index (χ2v) is 29.0. The summed E-state index contributed by atoms with van der Waals surface area (Å²) in [6.45, 7) is 14.6. The van der Waals surface area contributed by atoms with E-state index in [-0.39, 0.29) is 121 Å². The van der Waals surface area contributed by atoms with E-state index in [1.165, 1.54) is 55.6 Å². The molecule has 11 aromatic carbocycles.